The minimum Gasteiger partial charge on any atom is -0.294 e. The molecule has 0 heterocycles. The summed E-state index contributed by atoms with van der Waals surface area (Å²) in [5, 5.41) is 9.36. The smallest absolute Gasteiger partial charge is 0.185 e. The number of carbonyl (C=O) groups is 2. The predicted octanol–water partition coefficient (Wildman–Crippen LogP) is 6.96. The van der Waals surface area contributed by atoms with Gasteiger partial charge in [-0.05, 0) is 79.3 Å². The van der Waals surface area contributed by atoms with Crippen molar-refractivity contribution in [1.82, 2.24) is 0 Å². The van der Waals surface area contributed by atoms with Crippen LogP contribution in [0.1, 0.15) is 94.7 Å². The lowest BCUT2D eigenvalue weighted by atomic mass is 9.75. The van der Waals surface area contributed by atoms with E-state index in [-0.39, 0.29) is 29.2 Å². The molecule has 0 saturated heterocycles. The van der Waals surface area contributed by atoms with E-state index < -0.39 is 0 Å². The monoisotopic (exact) mass is 443 g/mol. The first kappa shape index (κ1) is 23.1. The van der Waals surface area contributed by atoms with Crippen molar-refractivity contribution >= 4 is 11.6 Å². The Balaban J connectivity index is 1.47. The van der Waals surface area contributed by atoms with Crippen molar-refractivity contribution in [2.75, 3.05) is 0 Å². The maximum absolute atomic E-state index is 14.7. The van der Waals surface area contributed by atoms with Crippen molar-refractivity contribution in [3.8, 4) is 6.07 Å². The summed E-state index contributed by atoms with van der Waals surface area (Å²) < 4.78 is 14.7. The molecule has 4 rings (SSSR count). The van der Waals surface area contributed by atoms with Crippen molar-refractivity contribution in [2.24, 2.45) is 11.8 Å². The third-order valence-electron chi connectivity index (χ3n) is 7.50. The molecule has 2 saturated carbocycles. The topological polar surface area (TPSA) is 57.9 Å². The fourth-order valence-corrected chi connectivity index (χ4v) is 5.59. The summed E-state index contributed by atoms with van der Waals surface area (Å²) >= 11 is 0. The zero-order valence-corrected chi connectivity index (χ0v) is 19.0. The summed E-state index contributed by atoms with van der Waals surface area (Å²) in [5.41, 5.74) is 3.24. The Bertz CT molecular complexity index is 1100. The average Bonchev–Trinajstić information content (AvgIpc) is 3.36. The van der Waals surface area contributed by atoms with Gasteiger partial charge in [-0.15, -0.1) is 0 Å². The first-order valence-corrected chi connectivity index (χ1v) is 12.0. The third kappa shape index (κ3) is 5.14. The molecule has 170 valence electrons. The van der Waals surface area contributed by atoms with Crippen LogP contribution >= 0.6 is 0 Å². The van der Waals surface area contributed by atoms with Crippen molar-refractivity contribution in [1.29, 1.82) is 5.26 Å². The second kappa shape index (κ2) is 10.3. The Morgan fingerprint density at radius 1 is 1.03 bits per heavy atom. The number of halogens is 1. The van der Waals surface area contributed by atoms with Gasteiger partial charge in [-0.1, -0.05) is 50.5 Å². The Morgan fingerprint density at radius 2 is 1.76 bits per heavy atom. The minimum absolute atomic E-state index is 0.0466. The van der Waals surface area contributed by atoms with Crippen LogP contribution in [0.5, 0.6) is 0 Å². The molecule has 0 radical (unpaired) electrons. The van der Waals surface area contributed by atoms with Crippen LogP contribution in [0.2, 0.25) is 0 Å². The van der Waals surface area contributed by atoms with Crippen LogP contribution in [-0.4, -0.2) is 11.6 Å². The van der Waals surface area contributed by atoms with E-state index in [1.54, 1.807) is 18.2 Å². The zero-order valence-electron chi connectivity index (χ0n) is 19.0. The van der Waals surface area contributed by atoms with E-state index >= 15 is 0 Å². The Morgan fingerprint density at radius 3 is 2.39 bits per heavy atom. The van der Waals surface area contributed by atoms with Crippen LogP contribution in [0.3, 0.4) is 0 Å². The van der Waals surface area contributed by atoms with E-state index in [1.807, 2.05) is 12.1 Å². The number of carbonyl (C=O) groups excluding carboxylic acids is 2. The molecule has 3 nitrogen and oxygen atoms in total. The van der Waals surface area contributed by atoms with Crippen molar-refractivity contribution < 1.29 is 14.0 Å². The molecule has 4 heteroatoms. The van der Waals surface area contributed by atoms with Crippen molar-refractivity contribution in [3.05, 3.63) is 82.7 Å². The molecule has 0 bridgehead atoms. The second-order valence-electron chi connectivity index (χ2n) is 9.56. The number of hydrogen-bond donors (Lipinski definition) is 0. The van der Waals surface area contributed by atoms with E-state index in [2.05, 4.69) is 12.6 Å². The van der Waals surface area contributed by atoms with Gasteiger partial charge in [0.1, 0.15) is 5.82 Å². The maximum atomic E-state index is 14.7. The molecule has 33 heavy (non-hydrogen) atoms. The van der Waals surface area contributed by atoms with Gasteiger partial charge in [0, 0.05) is 17.0 Å². The number of Topliss-reactive ketones (excluding diaryl/α,β-unsaturated/α-hetero) is 1. The summed E-state index contributed by atoms with van der Waals surface area (Å²) in [6, 6.07) is 12.4. The molecular formula is C29H30FNO2. The van der Waals surface area contributed by atoms with Crippen LogP contribution in [0.25, 0.3) is 0 Å². The molecule has 2 aromatic carbocycles. The fraction of sp³-hybridized carbons (Fsp3) is 0.414. The van der Waals surface area contributed by atoms with E-state index in [1.165, 1.54) is 37.8 Å². The predicted molar refractivity (Wildman–Crippen MR) is 127 cm³/mol. The summed E-state index contributed by atoms with van der Waals surface area (Å²) in [4.78, 5) is 25.2. The minimum atomic E-state index is -0.363. The van der Waals surface area contributed by atoms with Gasteiger partial charge in [0.05, 0.1) is 11.6 Å². The molecule has 0 spiro atoms. The lowest BCUT2D eigenvalue weighted by molar-refractivity contribution is 0.0881. The number of nitriles is 1. The molecule has 0 aromatic heterocycles. The van der Waals surface area contributed by atoms with Crippen molar-refractivity contribution in [3.63, 3.8) is 0 Å². The Kier molecular flexibility index (Phi) is 7.18. The van der Waals surface area contributed by atoms with Crippen LogP contribution in [0, 0.1) is 29.0 Å². The number of allylic oxidation sites excluding steroid dienone is 1. The van der Waals surface area contributed by atoms with Gasteiger partial charge in [0.15, 0.2) is 11.6 Å². The van der Waals surface area contributed by atoms with Gasteiger partial charge in [-0.3, -0.25) is 9.59 Å². The third-order valence-corrected chi connectivity index (χ3v) is 7.50. The normalized spacial score (nSPS) is 20.8. The maximum Gasteiger partial charge on any atom is 0.185 e. The van der Waals surface area contributed by atoms with Crippen LogP contribution < -0.4 is 0 Å². The first-order chi connectivity index (χ1) is 16.0. The zero-order chi connectivity index (χ0) is 23.4. The second-order valence-corrected chi connectivity index (χ2v) is 9.56. The number of nitrogens with zero attached hydrogens (tertiary/aromatic N) is 1. The summed E-state index contributed by atoms with van der Waals surface area (Å²) in [7, 11) is 0. The molecule has 2 fully saturated rings. The molecule has 2 aliphatic rings. The van der Waals surface area contributed by atoms with Crippen LogP contribution in [-0.2, 0) is 6.42 Å². The van der Waals surface area contributed by atoms with E-state index in [0.29, 0.717) is 41.0 Å². The molecule has 0 atom stereocenters. The molecule has 2 aromatic rings. The number of rotatable bonds is 7. The molecule has 0 unspecified atom stereocenters. The lowest BCUT2D eigenvalue weighted by Crippen LogP contribution is -2.23. The van der Waals surface area contributed by atoms with E-state index in [0.717, 1.165) is 24.8 Å². The van der Waals surface area contributed by atoms with Gasteiger partial charge in [0.25, 0.3) is 0 Å². The molecule has 0 aliphatic heterocycles. The largest absolute Gasteiger partial charge is 0.294 e. The molecule has 0 N–H and O–H groups in total. The van der Waals surface area contributed by atoms with Crippen molar-refractivity contribution in [2.45, 2.75) is 63.7 Å². The Hall–Kier alpha value is -3.06. The first-order valence-electron chi connectivity index (χ1n) is 12.0. The fourth-order valence-electron chi connectivity index (χ4n) is 5.59. The lowest BCUT2D eigenvalue weighted by Gasteiger charge is -2.29. The van der Waals surface area contributed by atoms with Crippen LogP contribution in [0.15, 0.2) is 49.1 Å². The van der Waals surface area contributed by atoms with E-state index in [9.17, 15) is 19.2 Å². The Labute approximate surface area is 195 Å². The number of benzene rings is 2. The highest BCUT2D eigenvalue weighted by atomic mass is 19.1. The van der Waals surface area contributed by atoms with Gasteiger partial charge in [0.2, 0.25) is 0 Å². The average molecular weight is 444 g/mol. The molecule has 0 amide bonds. The number of ketones is 2. The molecule has 2 aliphatic carbocycles. The standard InChI is InChI=1S/C29H30FNO2/c1-2-28(32)24-13-14-25(27(30)17-24)21-9-11-22(12-10-21)29(33)26-16-20(18-31)7-8-23(26)15-19-5-3-4-6-19/h2,7-8,13-14,16-17,19,21-22H,1,3-6,9-12,15H2. The summed E-state index contributed by atoms with van der Waals surface area (Å²) in [6.07, 6.45) is 9.91. The van der Waals surface area contributed by atoms with Gasteiger partial charge >= 0.3 is 0 Å². The SMILES string of the molecule is C=CC(=O)c1ccc(C2CCC(C(=O)c3cc(C#N)ccc3CC3CCCC3)CC2)c(F)c1. The highest BCUT2D eigenvalue weighted by molar-refractivity contribution is 6.04. The number of hydrogen-bond acceptors (Lipinski definition) is 3. The highest BCUT2D eigenvalue weighted by Crippen LogP contribution is 2.39. The summed E-state index contributed by atoms with van der Waals surface area (Å²) in [6.45, 7) is 3.45. The quantitative estimate of drug-likeness (QED) is 0.343. The van der Waals surface area contributed by atoms with Gasteiger partial charge < -0.3 is 0 Å². The van der Waals surface area contributed by atoms with Gasteiger partial charge in [-0.2, -0.15) is 5.26 Å². The highest BCUT2D eigenvalue weighted by Gasteiger charge is 2.30. The van der Waals surface area contributed by atoms with Gasteiger partial charge in [-0.25, -0.2) is 4.39 Å². The summed E-state index contributed by atoms with van der Waals surface area (Å²) in [5.74, 6) is 0.0541. The molecular weight excluding hydrogens is 413 g/mol. The van der Waals surface area contributed by atoms with E-state index in [4.69, 9.17) is 0 Å². The van der Waals surface area contributed by atoms with Crippen LogP contribution in [0.4, 0.5) is 4.39 Å².